The first-order chi connectivity index (χ1) is 9.38. The van der Waals surface area contributed by atoms with Crippen LogP contribution in [0.2, 0.25) is 0 Å². The Balaban J connectivity index is 2.25. The van der Waals surface area contributed by atoms with Gasteiger partial charge in [-0.1, -0.05) is 20.8 Å². The molecule has 0 spiro atoms. The second kappa shape index (κ2) is 5.92. The van der Waals surface area contributed by atoms with Crippen molar-refractivity contribution in [2.24, 2.45) is 5.41 Å². The number of nitrogens with one attached hydrogen (secondary N) is 2. The lowest BCUT2D eigenvalue weighted by Gasteiger charge is -2.26. The number of piperidine rings is 1. The van der Waals surface area contributed by atoms with E-state index in [4.69, 9.17) is 0 Å². The number of hydrogen-bond donors (Lipinski definition) is 2. The Labute approximate surface area is 120 Å². The zero-order chi connectivity index (χ0) is 14.8. The van der Waals surface area contributed by atoms with E-state index < -0.39 is 5.41 Å². The van der Waals surface area contributed by atoms with Gasteiger partial charge in [0.15, 0.2) is 0 Å². The summed E-state index contributed by atoms with van der Waals surface area (Å²) >= 11 is 0. The molecule has 1 heterocycles. The highest BCUT2D eigenvalue weighted by molar-refractivity contribution is 5.95. The van der Waals surface area contributed by atoms with E-state index >= 15 is 0 Å². The molecule has 110 valence electrons. The molecule has 0 unspecified atom stereocenters. The lowest BCUT2D eigenvalue weighted by atomic mass is 9.88. The minimum atomic E-state index is -0.459. The topological polar surface area (TPSA) is 41.1 Å². The molecule has 2 rings (SSSR count). The van der Waals surface area contributed by atoms with Crippen LogP contribution in [0.15, 0.2) is 18.2 Å². The van der Waals surface area contributed by atoms with Gasteiger partial charge in [0.25, 0.3) is 0 Å². The smallest absolute Gasteiger partial charge is 0.229 e. The first-order valence-electron chi connectivity index (χ1n) is 7.19. The van der Waals surface area contributed by atoms with Crippen LogP contribution in [0.5, 0.6) is 0 Å². The Morgan fingerprint density at radius 1 is 1.30 bits per heavy atom. The average molecular weight is 278 g/mol. The van der Waals surface area contributed by atoms with Gasteiger partial charge in [0, 0.05) is 11.1 Å². The van der Waals surface area contributed by atoms with E-state index in [2.05, 4.69) is 10.6 Å². The number of carbonyl (C=O) groups is 1. The van der Waals surface area contributed by atoms with Gasteiger partial charge in [-0.25, -0.2) is 4.39 Å². The second-order valence-electron chi connectivity index (χ2n) is 6.46. The third-order valence-electron chi connectivity index (χ3n) is 3.72. The quantitative estimate of drug-likeness (QED) is 0.871. The average Bonchev–Trinajstić information content (AvgIpc) is 2.40. The van der Waals surface area contributed by atoms with E-state index in [-0.39, 0.29) is 11.7 Å². The fourth-order valence-corrected chi connectivity index (χ4v) is 2.43. The van der Waals surface area contributed by atoms with Crippen molar-refractivity contribution >= 4 is 11.6 Å². The molecule has 0 aliphatic carbocycles. The number of hydrogen-bond acceptors (Lipinski definition) is 2. The molecular formula is C16H23FN2O. The van der Waals surface area contributed by atoms with Crippen molar-refractivity contribution in [1.82, 2.24) is 5.32 Å². The van der Waals surface area contributed by atoms with Gasteiger partial charge in [0.1, 0.15) is 5.82 Å². The Morgan fingerprint density at radius 3 is 2.55 bits per heavy atom. The molecule has 0 atom stereocenters. The highest BCUT2D eigenvalue weighted by atomic mass is 19.1. The van der Waals surface area contributed by atoms with Crippen LogP contribution in [0.1, 0.15) is 45.1 Å². The monoisotopic (exact) mass is 278 g/mol. The highest BCUT2D eigenvalue weighted by Gasteiger charge is 2.24. The number of amides is 1. The minimum Gasteiger partial charge on any atom is -0.325 e. The summed E-state index contributed by atoms with van der Waals surface area (Å²) in [5, 5.41) is 6.25. The predicted octanol–water partition coefficient (Wildman–Crippen LogP) is 3.28. The Bertz CT molecular complexity index is 488. The highest BCUT2D eigenvalue weighted by Crippen LogP contribution is 2.32. The van der Waals surface area contributed by atoms with Gasteiger partial charge in [0.2, 0.25) is 5.91 Å². The predicted molar refractivity (Wildman–Crippen MR) is 79.3 cm³/mol. The van der Waals surface area contributed by atoms with Crippen molar-refractivity contribution in [3.63, 3.8) is 0 Å². The van der Waals surface area contributed by atoms with Crippen LogP contribution in [0.3, 0.4) is 0 Å². The lowest BCUT2D eigenvalue weighted by Crippen LogP contribution is -2.30. The van der Waals surface area contributed by atoms with Crippen molar-refractivity contribution in [3.8, 4) is 0 Å². The normalized spacial score (nSPS) is 17.0. The van der Waals surface area contributed by atoms with E-state index in [1.54, 1.807) is 12.1 Å². The summed E-state index contributed by atoms with van der Waals surface area (Å²) in [6, 6.07) is 4.65. The molecule has 2 N–H and O–H groups in total. The number of carbonyl (C=O) groups excluding carboxylic acids is 1. The number of rotatable bonds is 2. The van der Waals surface area contributed by atoms with Crippen LogP contribution in [-0.2, 0) is 4.79 Å². The van der Waals surface area contributed by atoms with Gasteiger partial charge in [-0.05, 0) is 55.6 Å². The maximum Gasteiger partial charge on any atom is 0.229 e. The van der Waals surface area contributed by atoms with Gasteiger partial charge in [-0.3, -0.25) is 4.79 Å². The number of benzene rings is 1. The van der Waals surface area contributed by atoms with Crippen LogP contribution in [0.4, 0.5) is 10.1 Å². The maximum absolute atomic E-state index is 13.5. The summed E-state index contributed by atoms with van der Waals surface area (Å²) in [5.41, 5.74) is 1.21. The molecular weight excluding hydrogens is 255 g/mol. The molecule has 1 amide bonds. The van der Waals surface area contributed by atoms with Crippen molar-refractivity contribution in [3.05, 3.63) is 29.6 Å². The molecule has 1 aromatic carbocycles. The molecule has 1 saturated heterocycles. The third kappa shape index (κ3) is 3.57. The Hall–Kier alpha value is -1.42. The molecule has 0 bridgehead atoms. The van der Waals surface area contributed by atoms with Crippen LogP contribution in [-0.4, -0.2) is 19.0 Å². The van der Waals surface area contributed by atoms with E-state index in [9.17, 15) is 9.18 Å². The largest absolute Gasteiger partial charge is 0.325 e. The summed E-state index contributed by atoms with van der Waals surface area (Å²) in [4.78, 5) is 12.1. The van der Waals surface area contributed by atoms with Crippen molar-refractivity contribution in [2.75, 3.05) is 18.4 Å². The Kier molecular flexibility index (Phi) is 4.43. The molecule has 1 aliphatic heterocycles. The zero-order valence-electron chi connectivity index (χ0n) is 12.4. The molecule has 1 fully saturated rings. The number of anilines is 1. The van der Waals surface area contributed by atoms with Crippen LogP contribution in [0.25, 0.3) is 0 Å². The van der Waals surface area contributed by atoms with E-state index in [0.29, 0.717) is 5.92 Å². The molecule has 20 heavy (non-hydrogen) atoms. The van der Waals surface area contributed by atoms with E-state index in [1.165, 1.54) is 6.07 Å². The molecule has 4 heteroatoms. The number of halogens is 1. The summed E-state index contributed by atoms with van der Waals surface area (Å²) in [5.74, 6) is 0.0220. The van der Waals surface area contributed by atoms with Gasteiger partial charge in [-0.15, -0.1) is 0 Å². The summed E-state index contributed by atoms with van der Waals surface area (Å²) in [6.45, 7) is 7.49. The minimum absolute atomic E-state index is 0.0423. The first kappa shape index (κ1) is 15.0. The Morgan fingerprint density at radius 2 is 1.95 bits per heavy atom. The fourth-order valence-electron chi connectivity index (χ4n) is 2.43. The third-order valence-corrected chi connectivity index (χ3v) is 3.72. The molecule has 1 aliphatic rings. The summed E-state index contributed by atoms with van der Waals surface area (Å²) < 4.78 is 13.5. The molecule has 1 aromatic rings. The van der Waals surface area contributed by atoms with Crippen molar-refractivity contribution in [2.45, 2.75) is 39.5 Å². The molecule has 0 radical (unpaired) electrons. The maximum atomic E-state index is 13.5. The van der Waals surface area contributed by atoms with Gasteiger partial charge < -0.3 is 10.6 Å². The van der Waals surface area contributed by atoms with Gasteiger partial charge in [-0.2, -0.15) is 0 Å². The second-order valence-corrected chi connectivity index (χ2v) is 6.46. The standard InChI is InChI=1S/C16H23FN2O/c1-16(2,3)15(20)19-14-5-4-12(17)10-13(14)11-6-8-18-9-7-11/h4-5,10-11,18H,6-9H2,1-3H3,(H,19,20). The SMILES string of the molecule is CC(C)(C)C(=O)Nc1ccc(F)cc1C1CCNCC1. The summed E-state index contributed by atoms with van der Waals surface area (Å²) in [7, 11) is 0. The van der Waals surface area contributed by atoms with Crippen LogP contribution >= 0.6 is 0 Å². The molecule has 0 saturated carbocycles. The van der Waals surface area contributed by atoms with E-state index in [0.717, 1.165) is 37.2 Å². The van der Waals surface area contributed by atoms with Gasteiger partial charge in [0.05, 0.1) is 0 Å². The summed E-state index contributed by atoms with van der Waals surface area (Å²) in [6.07, 6.45) is 1.95. The lowest BCUT2D eigenvalue weighted by molar-refractivity contribution is -0.123. The van der Waals surface area contributed by atoms with Crippen LogP contribution < -0.4 is 10.6 Å². The molecule has 3 nitrogen and oxygen atoms in total. The fraction of sp³-hybridized carbons (Fsp3) is 0.562. The van der Waals surface area contributed by atoms with Crippen molar-refractivity contribution in [1.29, 1.82) is 0 Å². The van der Waals surface area contributed by atoms with Gasteiger partial charge >= 0.3 is 0 Å². The molecule has 0 aromatic heterocycles. The van der Waals surface area contributed by atoms with E-state index in [1.807, 2.05) is 20.8 Å². The van der Waals surface area contributed by atoms with Crippen LogP contribution in [0, 0.1) is 11.2 Å². The first-order valence-corrected chi connectivity index (χ1v) is 7.19. The zero-order valence-corrected chi connectivity index (χ0v) is 12.4. The van der Waals surface area contributed by atoms with Crippen molar-refractivity contribution < 1.29 is 9.18 Å².